The molecule has 1 aliphatic heterocycles. The highest BCUT2D eigenvalue weighted by Crippen LogP contribution is 2.15. The number of aromatic nitrogens is 2. The average Bonchev–Trinajstić information content (AvgIpc) is 2.75. The number of aromatic amines is 2. The lowest BCUT2D eigenvalue weighted by atomic mass is 10.2. The molecule has 3 rings (SSSR count). The predicted octanol–water partition coefficient (Wildman–Crippen LogP) is -0.532. The maximum atomic E-state index is 11.6. The van der Waals surface area contributed by atoms with Crippen LogP contribution in [0.3, 0.4) is 0 Å². The highest BCUT2D eigenvalue weighted by molar-refractivity contribution is 6.13. The van der Waals surface area contributed by atoms with Crippen LogP contribution in [0.4, 0.5) is 5.69 Å². The fourth-order valence-corrected chi connectivity index (χ4v) is 1.89. The Balaban J connectivity index is 2.04. The molecular formula is C12H8N4O4. The van der Waals surface area contributed by atoms with Crippen LogP contribution in [-0.2, 0) is 9.59 Å². The van der Waals surface area contributed by atoms with Crippen molar-refractivity contribution in [3.8, 4) is 0 Å². The van der Waals surface area contributed by atoms with Gasteiger partial charge in [0, 0.05) is 12.2 Å². The summed E-state index contributed by atoms with van der Waals surface area (Å²) in [5.41, 5.74) is 2.03. The van der Waals surface area contributed by atoms with Gasteiger partial charge in [0.1, 0.15) is 0 Å². The Morgan fingerprint density at radius 1 is 0.850 bits per heavy atom. The minimum atomic E-state index is -0.505. The van der Waals surface area contributed by atoms with Gasteiger partial charge < -0.3 is 0 Å². The van der Waals surface area contributed by atoms with Crippen molar-refractivity contribution in [2.24, 2.45) is 0 Å². The normalized spacial score (nSPS) is 14.3. The number of amides is 2. The Hall–Kier alpha value is -3.16. The Kier molecular flexibility index (Phi) is 2.50. The van der Waals surface area contributed by atoms with Crippen LogP contribution in [0.1, 0.15) is 0 Å². The largest absolute Gasteiger partial charge is 0.288 e. The molecule has 0 spiro atoms. The molecule has 1 aromatic carbocycles. The van der Waals surface area contributed by atoms with Crippen LogP contribution in [0.5, 0.6) is 0 Å². The van der Waals surface area contributed by atoms with Gasteiger partial charge in [0.05, 0.1) is 16.5 Å². The number of anilines is 1. The van der Waals surface area contributed by atoms with Gasteiger partial charge in [-0.1, -0.05) is 0 Å². The third-order valence-electron chi connectivity index (χ3n) is 2.85. The predicted molar refractivity (Wildman–Crippen MR) is 69.8 cm³/mol. The zero-order chi connectivity index (χ0) is 14.3. The quantitative estimate of drug-likeness (QED) is 0.635. The van der Waals surface area contributed by atoms with Crippen molar-refractivity contribution in [2.75, 3.05) is 5.43 Å². The van der Waals surface area contributed by atoms with E-state index in [-0.39, 0.29) is 10.8 Å². The number of fused-ring (bicyclic) bond motifs is 1. The van der Waals surface area contributed by atoms with E-state index in [2.05, 4.69) is 15.6 Å². The molecule has 0 saturated heterocycles. The summed E-state index contributed by atoms with van der Waals surface area (Å²) >= 11 is 0. The molecule has 1 aliphatic rings. The molecule has 1 aromatic heterocycles. The first-order chi connectivity index (χ1) is 9.56. The number of carbonyl (C=O) groups is 2. The zero-order valence-corrected chi connectivity index (χ0v) is 9.97. The molecule has 100 valence electrons. The van der Waals surface area contributed by atoms with Crippen LogP contribution in [-0.4, -0.2) is 27.0 Å². The summed E-state index contributed by atoms with van der Waals surface area (Å²) in [5.74, 6) is -1.01. The summed E-state index contributed by atoms with van der Waals surface area (Å²) in [6.45, 7) is 0. The van der Waals surface area contributed by atoms with E-state index in [4.69, 9.17) is 0 Å². The number of hydrazine groups is 1. The minimum absolute atomic E-state index is 0.158. The summed E-state index contributed by atoms with van der Waals surface area (Å²) in [6.07, 6.45) is 2.27. The van der Waals surface area contributed by atoms with Crippen LogP contribution >= 0.6 is 0 Å². The van der Waals surface area contributed by atoms with E-state index in [1.807, 2.05) is 0 Å². The van der Waals surface area contributed by atoms with Crippen molar-refractivity contribution in [3.05, 3.63) is 51.1 Å². The Morgan fingerprint density at radius 3 is 2.10 bits per heavy atom. The van der Waals surface area contributed by atoms with Crippen molar-refractivity contribution in [1.82, 2.24) is 15.2 Å². The number of nitrogens with zero attached hydrogens (tertiary/aromatic N) is 1. The van der Waals surface area contributed by atoms with Crippen molar-refractivity contribution >= 4 is 28.3 Å². The van der Waals surface area contributed by atoms with E-state index < -0.39 is 22.9 Å². The van der Waals surface area contributed by atoms with E-state index >= 15 is 0 Å². The molecule has 0 atom stereocenters. The summed E-state index contributed by atoms with van der Waals surface area (Å²) in [4.78, 5) is 46.0. The van der Waals surface area contributed by atoms with Gasteiger partial charge in [-0.15, -0.1) is 0 Å². The third kappa shape index (κ3) is 1.79. The lowest BCUT2D eigenvalue weighted by Crippen LogP contribution is -2.35. The third-order valence-corrected chi connectivity index (χ3v) is 2.85. The van der Waals surface area contributed by atoms with Gasteiger partial charge in [-0.3, -0.25) is 34.8 Å². The Bertz CT molecular complexity index is 859. The van der Waals surface area contributed by atoms with Gasteiger partial charge in [0.2, 0.25) is 0 Å². The molecule has 2 heterocycles. The second-order valence-corrected chi connectivity index (χ2v) is 4.13. The van der Waals surface area contributed by atoms with Crippen molar-refractivity contribution in [3.63, 3.8) is 0 Å². The smallest absolute Gasteiger partial charge is 0.272 e. The summed E-state index contributed by atoms with van der Waals surface area (Å²) in [7, 11) is 0. The maximum Gasteiger partial charge on any atom is 0.272 e. The molecule has 0 saturated carbocycles. The van der Waals surface area contributed by atoms with E-state index in [1.54, 1.807) is 0 Å². The summed E-state index contributed by atoms with van der Waals surface area (Å²) in [5, 5.41) is 5.59. The molecule has 0 bridgehead atoms. The Morgan fingerprint density at radius 2 is 1.45 bits per heavy atom. The number of benzene rings is 1. The van der Waals surface area contributed by atoms with Crippen molar-refractivity contribution < 1.29 is 9.59 Å². The number of hydrogen-bond acceptors (Lipinski definition) is 5. The second kappa shape index (κ2) is 4.19. The van der Waals surface area contributed by atoms with Crippen LogP contribution in [0.25, 0.3) is 10.8 Å². The van der Waals surface area contributed by atoms with Crippen LogP contribution < -0.4 is 16.5 Å². The maximum absolute atomic E-state index is 11.6. The number of hydrogen-bond donors (Lipinski definition) is 3. The van der Waals surface area contributed by atoms with E-state index in [9.17, 15) is 19.2 Å². The average molecular weight is 272 g/mol. The van der Waals surface area contributed by atoms with Crippen LogP contribution in [0.2, 0.25) is 0 Å². The Labute approximate surface area is 110 Å². The lowest BCUT2D eigenvalue weighted by molar-refractivity contribution is -0.135. The zero-order valence-electron chi connectivity index (χ0n) is 9.97. The van der Waals surface area contributed by atoms with Crippen LogP contribution in [0, 0.1) is 0 Å². The van der Waals surface area contributed by atoms with E-state index in [1.165, 1.54) is 18.2 Å². The summed E-state index contributed by atoms with van der Waals surface area (Å²) < 4.78 is 0. The molecule has 8 nitrogen and oxygen atoms in total. The van der Waals surface area contributed by atoms with E-state index in [0.29, 0.717) is 5.69 Å². The van der Waals surface area contributed by atoms with Gasteiger partial charge >= 0.3 is 0 Å². The standard InChI is InChI=1S/C12H8N4O4/c17-9-3-4-10(18)16(9)15-6-1-2-7-8(5-6)12(20)14-13-11(7)19/h1-5,15H,(H,13,19)(H,14,20). The molecule has 2 amide bonds. The number of carbonyl (C=O) groups excluding carboxylic acids is 2. The fraction of sp³-hybridized carbons (Fsp3) is 0. The number of H-pyrrole nitrogens is 2. The number of nitrogens with one attached hydrogen (secondary N) is 3. The summed E-state index contributed by atoms with van der Waals surface area (Å²) in [6, 6.07) is 4.32. The van der Waals surface area contributed by atoms with Crippen molar-refractivity contribution in [1.29, 1.82) is 0 Å². The highest BCUT2D eigenvalue weighted by Gasteiger charge is 2.23. The topological polar surface area (TPSA) is 115 Å². The monoisotopic (exact) mass is 272 g/mol. The highest BCUT2D eigenvalue weighted by atomic mass is 16.2. The number of rotatable bonds is 2. The minimum Gasteiger partial charge on any atom is -0.288 e. The second-order valence-electron chi connectivity index (χ2n) is 4.13. The first kappa shape index (κ1) is 11.9. The van der Waals surface area contributed by atoms with E-state index in [0.717, 1.165) is 17.2 Å². The fourth-order valence-electron chi connectivity index (χ4n) is 1.89. The van der Waals surface area contributed by atoms with Gasteiger partial charge in [-0.05, 0) is 18.2 Å². The molecule has 20 heavy (non-hydrogen) atoms. The van der Waals surface area contributed by atoms with Crippen molar-refractivity contribution in [2.45, 2.75) is 0 Å². The van der Waals surface area contributed by atoms with Gasteiger partial charge in [0.15, 0.2) is 0 Å². The SMILES string of the molecule is O=C1C=CC(=O)N1Nc1ccc2c(=O)[nH][nH]c(=O)c2c1. The molecule has 0 aliphatic carbocycles. The molecule has 0 radical (unpaired) electrons. The molecular weight excluding hydrogens is 264 g/mol. The first-order valence-corrected chi connectivity index (χ1v) is 5.64. The number of imide groups is 1. The lowest BCUT2D eigenvalue weighted by Gasteiger charge is -2.16. The molecule has 0 fully saturated rings. The van der Waals surface area contributed by atoms with Gasteiger partial charge in [-0.25, -0.2) is 0 Å². The molecule has 0 unspecified atom stereocenters. The first-order valence-electron chi connectivity index (χ1n) is 5.64. The van der Waals surface area contributed by atoms with Crippen LogP contribution in [0.15, 0.2) is 39.9 Å². The molecule has 3 N–H and O–H groups in total. The molecule has 2 aromatic rings. The molecule has 8 heteroatoms. The van der Waals surface area contributed by atoms with Gasteiger partial charge in [-0.2, -0.15) is 5.01 Å². The van der Waals surface area contributed by atoms with Gasteiger partial charge in [0.25, 0.3) is 22.9 Å².